The predicted molar refractivity (Wildman–Crippen MR) is 116 cm³/mol. The molecule has 3 aromatic rings. The minimum atomic E-state index is -0.0575. The van der Waals surface area contributed by atoms with E-state index in [-0.39, 0.29) is 12.3 Å². The summed E-state index contributed by atoms with van der Waals surface area (Å²) >= 11 is 0. The summed E-state index contributed by atoms with van der Waals surface area (Å²) in [6.45, 7) is 1.41. The SMILES string of the molecule is COc1ccc(-c2noc(CCC(=O)NCc3ccccc3C[NH+](C)C)n2)cc1OC. The zero-order valence-corrected chi connectivity index (χ0v) is 18.4. The summed E-state index contributed by atoms with van der Waals surface area (Å²) < 4.78 is 15.9. The number of methoxy groups -OCH3 is 2. The van der Waals surface area contributed by atoms with Gasteiger partial charge >= 0.3 is 0 Å². The fourth-order valence-electron chi connectivity index (χ4n) is 3.23. The van der Waals surface area contributed by atoms with Crippen LogP contribution in [0.4, 0.5) is 0 Å². The first-order chi connectivity index (χ1) is 15.0. The second kappa shape index (κ2) is 10.6. The molecule has 2 aromatic carbocycles. The maximum Gasteiger partial charge on any atom is 0.227 e. The number of carbonyl (C=O) groups excluding carboxylic acids is 1. The molecule has 0 saturated carbocycles. The van der Waals surface area contributed by atoms with Crippen molar-refractivity contribution in [2.75, 3.05) is 28.3 Å². The third-order valence-electron chi connectivity index (χ3n) is 4.81. The lowest BCUT2D eigenvalue weighted by atomic mass is 10.1. The Bertz CT molecular complexity index is 1020. The first-order valence-corrected chi connectivity index (χ1v) is 10.2. The number of nitrogens with one attached hydrogen (secondary N) is 2. The minimum Gasteiger partial charge on any atom is -0.493 e. The average molecular weight is 426 g/mol. The number of rotatable bonds is 10. The van der Waals surface area contributed by atoms with E-state index in [1.165, 1.54) is 10.5 Å². The van der Waals surface area contributed by atoms with Crippen LogP contribution in [0.1, 0.15) is 23.4 Å². The Labute approximate surface area is 182 Å². The van der Waals surface area contributed by atoms with Crippen molar-refractivity contribution in [3.05, 3.63) is 59.5 Å². The smallest absolute Gasteiger partial charge is 0.227 e. The van der Waals surface area contributed by atoms with Crippen LogP contribution in [0.2, 0.25) is 0 Å². The number of aryl methyl sites for hydroxylation is 1. The molecule has 1 aromatic heterocycles. The van der Waals surface area contributed by atoms with Crippen LogP contribution < -0.4 is 19.7 Å². The first kappa shape index (κ1) is 22.3. The molecular weight excluding hydrogens is 396 g/mol. The molecule has 1 amide bonds. The van der Waals surface area contributed by atoms with Crippen LogP contribution in [-0.4, -0.2) is 44.4 Å². The molecule has 0 saturated heterocycles. The van der Waals surface area contributed by atoms with E-state index in [0.29, 0.717) is 36.2 Å². The van der Waals surface area contributed by atoms with Crippen molar-refractivity contribution in [3.63, 3.8) is 0 Å². The van der Waals surface area contributed by atoms with Gasteiger partial charge in [-0.15, -0.1) is 0 Å². The molecule has 1 heterocycles. The van der Waals surface area contributed by atoms with Crippen LogP contribution >= 0.6 is 0 Å². The van der Waals surface area contributed by atoms with E-state index in [9.17, 15) is 4.79 Å². The second-order valence-corrected chi connectivity index (χ2v) is 7.51. The summed E-state index contributed by atoms with van der Waals surface area (Å²) in [5.41, 5.74) is 3.11. The lowest BCUT2D eigenvalue weighted by Crippen LogP contribution is -3.04. The number of hydrogen-bond donors (Lipinski definition) is 2. The summed E-state index contributed by atoms with van der Waals surface area (Å²) in [5.74, 6) is 2.01. The molecule has 0 aliphatic heterocycles. The molecule has 0 unspecified atom stereocenters. The number of quaternary nitrogens is 1. The third-order valence-corrected chi connectivity index (χ3v) is 4.81. The van der Waals surface area contributed by atoms with Gasteiger partial charge in [0.2, 0.25) is 17.6 Å². The molecule has 0 spiro atoms. The van der Waals surface area contributed by atoms with Crippen molar-refractivity contribution in [1.82, 2.24) is 15.5 Å². The molecule has 164 valence electrons. The molecule has 2 N–H and O–H groups in total. The van der Waals surface area contributed by atoms with Gasteiger partial charge in [0.15, 0.2) is 11.5 Å². The van der Waals surface area contributed by atoms with Gasteiger partial charge < -0.3 is 24.2 Å². The standard InChI is InChI=1S/C23H28N4O4/c1-27(2)15-18-8-6-5-7-17(18)14-24-21(28)11-12-22-25-23(26-31-22)16-9-10-19(29-3)20(13-16)30-4/h5-10,13H,11-12,14-15H2,1-4H3,(H,24,28)/p+1. The second-order valence-electron chi connectivity index (χ2n) is 7.51. The Morgan fingerprint density at radius 1 is 1.06 bits per heavy atom. The fourth-order valence-corrected chi connectivity index (χ4v) is 3.23. The van der Waals surface area contributed by atoms with Crippen molar-refractivity contribution in [1.29, 1.82) is 0 Å². The van der Waals surface area contributed by atoms with Crippen LogP contribution in [0.5, 0.6) is 11.5 Å². The van der Waals surface area contributed by atoms with Gasteiger partial charge in [-0.05, 0) is 23.8 Å². The van der Waals surface area contributed by atoms with Gasteiger partial charge in [0.05, 0.1) is 28.3 Å². The van der Waals surface area contributed by atoms with Crippen LogP contribution in [-0.2, 0) is 24.3 Å². The Morgan fingerprint density at radius 2 is 1.81 bits per heavy atom. The van der Waals surface area contributed by atoms with E-state index in [0.717, 1.165) is 17.7 Å². The van der Waals surface area contributed by atoms with Crippen molar-refractivity contribution >= 4 is 5.91 Å². The van der Waals surface area contributed by atoms with Gasteiger partial charge in [-0.2, -0.15) is 4.98 Å². The zero-order valence-electron chi connectivity index (χ0n) is 18.4. The quantitative estimate of drug-likeness (QED) is 0.513. The molecule has 0 aliphatic rings. The maximum absolute atomic E-state index is 12.3. The van der Waals surface area contributed by atoms with Crippen LogP contribution in [0.15, 0.2) is 47.0 Å². The van der Waals surface area contributed by atoms with Gasteiger partial charge in [0, 0.05) is 30.5 Å². The van der Waals surface area contributed by atoms with Gasteiger partial charge in [-0.3, -0.25) is 4.79 Å². The van der Waals surface area contributed by atoms with Gasteiger partial charge in [0.25, 0.3) is 0 Å². The molecule has 31 heavy (non-hydrogen) atoms. The summed E-state index contributed by atoms with van der Waals surface area (Å²) in [6, 6.07) is 13.6. The Hall–Kier alpha value is -3.39. The number of carbonyl (C=O) groups is 1. The van der Waals surface area contributed by atoms with Crippen molar-refractivity contribution in [3.8, 4) is 22.9 Å². The highest BCUT2D eigenvalue weighted by molar-refractivity contribution is 5.76. The highest BCUT2D eigenvalue weighted by Crippen LogP contribution is 2.31. The van der Waals surface area contributed by atoms with Gasteiger partial charge in [-0.1, -0.05) is 29.4 Å². The molecule has 3 rings (SSSR count). The highest BCUT2D eigenvalue weighted by atomic mass is 16.5. The van der Waals surface area contributed by atoms with Gasteiger partial charge in [-0.25, -0.2) is 0 Å². The predicted octanol–water partition coefficient (Wildman–Crippen LogP) is 1.65. The Morgan fingerprint density at radius 3 is 2.52 bits per heavy atom. The van der Waals surface area contributed by atoms with Crippen LogP contribution in [0.3, 0.4) is 0 Å². The molecule has 8 heteroatoms. The maximum atomic E-state index is 12.3. The highest BCUT2D eigenvalue weighted by Gasteiger charge is 2.14. The summed E-state index contributed by atoms with van der Waals surface area (Å²) in [5, 5.41) is 6.99. The number of aromatic nitrogens is 2. The number of amides is 1. The van der Waals surface area contributed by atoms with E-state index in [1.807, 2.05) is 24.3 Å². The van der Waals surface area contributed by atoms with Gasteiger partial charge in [0.1, 0.15) is 6.54 Å². The first-order valence-electron chi connectivity index (χ1n) is 10.2. The molecule has 8 nitrogen and oxygen atoms in total. The fraction of sp³-hybridized carbons (Fsp3) is 0.348. The third kappa shape index (κ3) is 6.05. The van der Waals surface area contributed by atoms with E-state index in [2.05, 4.69) is 35.6 Å². The monoisotopic (exact) mass is 425 g/mol. The number of ether oxygens (including phenoxy) is 2. The number of benzene rings is 2. The van der Waals surface area contributed by atoms with Crippen LogP contribution in [0, 0.1) is 0 Å². The largest absolute Gasteiger partial charge is 0.493 e. The molecular formula is C23H29N4O4+. The topological polar surface area (TPSA) is 90.9 Å². The van der Waals surface area contributed by atoms with E-state index < -0.39 is 0 Å². The molecule has 0 aliphatic carbocycles. The molecule has 0 fully saturated rings. The van der Waals surface area contributed by atoms with E-state index in [4.69, 9.17) is 14.0 Å². The Kier molecular flexibility index (Phi) is 7.61. The zero-order chi connectivity index (χ0) is 22.2. The molecule has 0 atom stereocenters. The number of hydrogen-bond acceptors (Lipinski definition) is 6. The number of nitrogens with zero attached hydrogens (tertiary/aromatic N) is 2. The van der Waals surface area contributed by atoms with Crippen molar-refractivity contribution < 1.29 is 23.7 Å². The summed E-state index contributed by atoms with van der Waals surface area (Å²) in [4.78, 5) is 18.0. The van der Waals surface area contributed by atoms with Crippen molar-refractivity contribution in [2.24, 2.45) is 0 Å². The summed E-state index contributed by atoms with van der Waals surface area (Å²) in [6.07, 6.45) is 0.643. The molecule has 0 bridgehead atoms. The lowest BCUT2D eigenvalue weighted by molar-refractivity contribution is -0.872. The Balaban J connectivity index is 1.55. The average Bonchev–Trinajstić information content (AvgIpc) is 3.25. The minimum absolute atomic E-state index is 0.0575. The van der Waals surface area contributed by atoms with E-state index in [1.54, 1.807) is 26.4 Å². The summed E-state index contributed by atoms with van der Waals surface area (Å²) in [7, 11) is 7.37. The normalized spacial score (nSPS) is 10.9. The molecule has 0 radical (unpaired) electrons. The van der Waals surface area contributed by atoms with E-state index >= 15 is 0 Å². The van der Waals surface area contributed by atoms with Crippen LogP contribution in [0.25, 0.3) is 11.4 Å². The van der Waals surface area contributed by atoms with Crippen molar-refractivity contribution in [2.45, 2.75) is 25.9 Å². The lowest BCUT2D eigenvalue weighted by Gasteiger charge is -2.12.